The molecule has 31 heavy (non-hydrogen) atoms. The highest BCUT2D eigenvalue weighted by molar-refractivity contribution is 7.13. The third-order valence-corrected chi connectivity index (χ3v) is 5.66. The summed E-state index contributed by atoms with van der Waals surface area (Å²) < 4.78 is 6.95. The predicted molar refractivity (Wildman–Crippen MR) is 121 cm³/mol. The summed E-state index contributed by atoms with van der Waals surface area (Å²) >= 11 is 1.34. The van der Waals surface area contributed by atoms with Gasteiger partial charge in [0.25, 0.3) is 0 Å². The number of ether oxygens (including phenoxy) is 1. The first-order valence-electron chi connectivity index (χ1n) is 10.1. The van der Waals surface area contributed by atoms with Crippen molar-refractivity contribution >= 4 is 23.3 Å². The molecule has 3 aromatic heterocycles. The fraction of sp³-hybridized carbons (Fsp3) is 0.381. The quantitative estimate of drug-likeness (QED) is 0.314. The van der Waals surface area contributed by atoms with Gasteiger partial charge in [0, 0.05) is 25.1 Å². The van der Waals surface area contributed by atoms with E-state index in [2.05, 4.69) is 30.6 Å². The van der Waals surface area contributed by atoms with Gasteiger partial charge in [0.2, 0.25) is 0 Å². The van der Waals surface area contributed by atoms with Gasteiger partial charge in [-0.15, -0.1) is 11.3 Å². The second-order valence-corrected chi connectivity index (χ2v) is 7.77. The van der Waals surface area contributed by atoms with E-state index in [1.54, 1.807) is 19.4 Å². The van der Waals surface area contributed by atoms with E-state index in [0.717, 1.165) is 22.9 Å². The summed E-state index contributed by atoms with van der Waals surface area (Å²) in [5.74, 6) is 1.14. The van der Waals surface area contributed by atoms with Crippen molar-refractivity contribution in [2.24, 2.45) is 4.99 Å². The Balaban J connectivity index is 1.67. The number of hydrogen-bond donors (Lipinski definition) is 2. The van der Waals surface area contributed by atoms with Gasteiger partial charge in [0.05, 0.1) is 24.9 Å². The normalized spacial score (nSPS) is 12.5. The summed E-state index contributed by atoms with van der Waals surface area (Å²) in [6.07, 6.45) is 7.08. The van der Waals surface area contributed by atoms with Crippen molar-refractivity contribution in [2.75, 3.05) is 13.2 Å². The molecule has 0 aromatic carbocycles. The molecular weight excluding hydrogens is 414 g/mol. The Morgan fingerprint density at radius 3 is 2.84 bits per heavy atom. The molecule has 0 amide bonds. The topological polar surface area (TPSA) is 106 Å². The number of esters is 1. The molecule has 0 aliphatic carbocycles. The predicted octanol–water partition coefficient (Wildman–Crippen LogP) is 3.03. The lowest BCUT2D eigenvalue weighted by Crippen LogP contribution is -2.38. The molecule has 2 N–H and O–H groups in total. The molecule has 0 fully saturated rings. The van der Waals surface area contributed by atoms with E-state index in [4.69, 9.17) is 4.74 Å². The molecule has 9 nitrogen and oxygen atoms in total. The number of hydrogen-bond acceptors (Lipinski definition) is 7. The van der Waals surface area contributed by atoms with E-state index >= 15 is 0 Å². The molecule has 1 unspecified atom stereocenters. The van der Waals surface area contributed by atoms with E-state index in [9.17, 15) is 4.79 Å². The van der Waals surface area contributed by atoms with Crippen LogP contribution in [0.1, 0.15) is 52.7 Å². The third-order valence-electron chi connectivity index (χ3n) is 4.34. The zero-order valence-corrected chi connectivity index (χ0v) is 18.9. The fourth-order valence-electron chi connectivity index (χ4n) is 2.80. The summed E-state index contributed by atoms with van der Waals surface area (Å²) in [7, 11) is 0. The van der Waals surface area contributed by atoms with Crippen LogP contribution >= 0.6 is 11.3 Å². The maximum absolute atomic E-state index is 12.1. The number of pyridine rings is 1. The van der Waals surface area contributed by atoms with E-state index in [1.807, 2.05) is 49.9 Å². The Morgan fingerprint density at radius 2 is 2.19 bits per heavy atom. The standard InChI is InChI=1S/C21H27N7O2S/c1-5-23-21(25-12-16-7-8-17(24-11-16)28-10-9-22-13-28)27-15(4)19-26-14(3)18(31-19)20(29)30-6-2/h7-11,13,15H,5-6,12H2,1-4H3,(H2,23,25,27). The van der Waals surface area contributed by atoms with Crippen LogP contribution in [0.25, 0.3) is 5.82 Å². The van der Waals surface area contributed by atoms with Gasteiger partial charge in [-0.2, -0.15) is 0 Å². The number of nitrogens with one attached hydrogen (secondary N) is 2. The van der Waals surface area contributed by atoms with Crippen LogP contribution in [0.5, 0.6) is 0 Å². The van der Waals surface area contributed by atoms with Crippen molar-refractivity contribution in [1.82, 2.24) is 30.2 Å². The Hall–Kier alpha value is -3.27. The second kappa shape index (κ2) is 10.7. The monoisotopic (exact) mass is 441 g/mol. The van der Waals surface area contributed by atoms with Crippen LogP contribution in [0.2, 0.25) is 0 Å². The van der Waals surface area contributed by atoms with Crippen molar-refractivity contribution in [3.05, 3.63) is 58.2 Å². The Kier molecular flexibility index (Phi) is 7.71. The molecule has 0 radical (unpaired) electrons. The summed E-state index contributed by atoms with van der Waals surface area (Å²) in [5.41, 5.74) is 1.67. The molecule has 3 aromatic rings. The first-order valence-corrected chi connectivity index (χ1v) is 11.0. The molecular formula is C21H27N7O2S. The SMILES string of the molecule is CCNC(=NCc1ccc(-n2ccnc2)nc1)NC(C)c1nc(C)c(C(=O)OCC)s1. The third kappa shape index (κ3) is 5.88. The van der Waals surface area contributed by atoms with E-state index < -0.39 is 0 Å². The molecule has 3 heterocycles. The van der Waals surface area contributed by atoms with Gasteiger partial charge < -0.3 is 15.4 Å². The van der Waals surface area contributed by atoms with Crippen LogP contribution in [0.3, 0.4) is 0 Å². The number of imidazole rings is 1. The Labute approximate surface area is 185 Å². The van der Waals surface area contributed by atoms with Crippen LogP contribution in [0.15, 0.2) is 42.0 Å². The van der Waals surface area contributed by atoms with Gasteiger partial charge in [-0.3, -0.25) is 4.57 Å². The average molecular weight is 442 g/mol. The molecule has 0 spiro atoms. The number of thiazole rings is 1. The van der Waals surface area contributed by atoms with Gasteiger partial charge in [-0.05, 0) is 39.3 Å². The highest BCUT2D eigenvalue weighted by Crippen LogP contribution is 2.24. The molecule has 0 bridgehead atoms. The number of carbonyl (C=O) groups excluding carboxylic acids is 1. The number of aryl methyl sites for hydroxylation is 1. The minimum atomic E-state index is -0.330. The van der Waals surface area contributed by atoms with Crippen LogP contribution in [-0.4, -0.2) is 44.6 Å². The lowest BCUT2D eigenvalue weighted by Gasteiger charge is -2.16. The number of guanidine groups is 1. The summed E-state index contributed by atoms with van der Waals surface area (Å²) in [5, 5.41) is 7.40. The van der Waals surface area contributed by atoms with Crippen molar-refractivity contribution in [2.45, 2.75) is 40.3 Å². The Bertz CT molecular complexity index is 1010. The van der Waals surface area contributed by atoms with E-state index in [0.29, 0.717) is 29.7 Å². The number of carbonyl (C=O) groups is 1. The van der Waals surface area contributed by atoms with Crippen LogP contribution in [0, 0.1) is 6.92 Å². The van der Waals surface area contributed by atoms with Gasteiger partial charge in [0.15, 0.2) is 5.96 Å². The molecule has 0 aliphatic heterocycles. The molecule has 0 saturated carbocycles. The van der Waals surface area contributed by atoms with Crippen LogP contribution in [0.4, 0.5) is 0 Å². The van der Waals surface area contributed by atoms with E-state index in [-0.39, 0.29) is 12.0 Å². The molecule has 164 valence electrons. The van der Waals surface area contributed by atoms with Crippen LogP contribution in [-0.2, 0) is 11.3 Å². The second-order valence-electron chi connectivity index (χ2n) is 6.74. The lowest BCUT2D eigenvalue weighted by atomic mass is 10.3. The van der Waals surface area contributed by atoms with Gasteiger partial charge >= 0.3 is 5.97 Å². The molecule has 0 aliphatic rings. The average Bonchev–Trinajstić information content (AvgIpc) is 3.43. The Morgan fingerprint density at radius 1 is 1.35 bits per heavy atom. The minimum Gasteiger partial charge on any atom is -0.462 e. The number of aliphatic imine (C=N–C) groups is 1. The zero-order valence-electron chi connectivity index (χ0n) is 18.1. The van der Waals surface area contributed by atoms with Gasteiger partial charge in [0.1, 0.15) is 22.0 Å². The largest absolute Gasteiger partial charge is 0.462 e. The van der Waals surface area contributed by atoms with Crippen molar-refractivity contribution in [1.29, 1.82) is 0 Å². The summed E-state index contributed by atoms with van der Waals surface area (Å²) in [6.45, 7) is 9.15. The maximum Gasteiger partial charge on any atom is 0.350 e. The molecule has 3 rings (SSSR count). The first kappa shape index (κ1) is 22.4. The highest BCUT2D eigenvalue weighted by Gasteiger charge is 2.20. The number of nitrogens with zero attached hydrogens (tertiary/aromatic N) is 5. The van der Waals surface area contributed by atoms with Gasteiger partial charge in [-0.25, -0.2) is 24.7 Å². The van der Waals surface area contributed by atoms with Crippen molar-refractivity contribution < 1.29 is 9.53 Å². The molecule has 10 heteroatoms. The fourth-order valence-corrected chi connectivity index (χ4v) is 3.77. The van der Waals surface area contributed by atoms with E-state index in [1.165, 1.54) is 11.3 Å². The summed E-state index contributed by atoms with van der Waals surface area (Å²) in [4.78, 5) is 30.3. The van der Waals surface area contributed by atoms with Crippen molar-refractivity contribution in [3.8, 4) is 5.82 Å². The van der Waals surface area contributed by atoms with Crippen LogP contribution < -0.4 is 10.6 Å². The molecule has 1 atom stereocenters. The zero-order chi connectivity index (χ0) is 22.2. The highest BCUT2D eigenvalue weighted by atomic mass is 32.1. The minimum absolute atomic E-state index is 0.119. The first-order chi connectivity index (χ1) is 15.0. The smallest absolute Gasteiger partial charge is 0.350 e. The molecule has 0 saturated heterocycles. The van der Waals surface area contributed by atoms with Gasteiger partial charge in [-0.1, -0.05) is 6.07 Å². The number of aromatic nitrogens is 4. The number of rotatable bonds is 8. The lowest BCUT2D eigenvalue weighted by molar-refractivity contribution is 0.0531. The maximum atomic E-state index is 12.1. The van der Waals surface area contributed by atoms with Crippen molar-refractivity contribution in [3.63, 3.8) is 0 Å². The summed E-state index contributed by atoms with van der Waals surface area (Å²) in [6, 6.07) is 3.81.